The summed E-state index contributed by atoms with van der Waals surface area (Å²) < 4.78 is 54.5. The molecule has 15 heteroatoms. The van der Waals surface area contributed by atoms with Crippen molar-refractivity contribution in [2.75, 3.05) is 20.3 Å². The first-order valence-electron chi connectivity index (χ1n) is 17.5. The molecule has 0 heterocycles. The van der Waals surface area contributed by atoms with Crippen molar-refractivity contribution in [3.63, 3.8) is 0 Å². The summed E-state index contributed by atoms with van der Waals surface area (Å²) in [6.07, 6.45) is 2.34. The number of rotatable bonds is 18. The minimum atomic E-state index is -5.16. The quantitative estimate of drug-likeness (QED) is 0.0493. The second-order valence-electron chi connectivity index (χ2n) is 12.2. The molecular weight excluding hydrogens is 681 g/mol. The molecule has 2 aromatic rings. The summed E-state index contributed by atoms with van der Waals surface area (Å²) in [4.78, 5) is 39.9. The summed E-state index contributed by atoms with van der Waals surface area (Å²) in [7, 11) is -3.72. The summed E-state index contributed by atoms with van der Waals surface area (Å²) >= 11 is 0. The topological polar surface area (TPSA) is 186 Å². The van der Waals surface area contributed by atoms with Crippen LogP contribution in [0.5, 0.6) is 0 Å². The SMILES string of the molecule is CCCC(OC(=O)OCC)(OP(=O)(N=C(N)N(C)C(C(=O)O)C1CCCCC1)OC(CCC)(OC(=O)OCC)c1ccccc1)c1ccccc1. The minimum Gasteiger partial charge on any atom is -0.480 e. The van der Waals surface area contributed by atoms with E-state index in [4.69, 9.17) is 33.7 Å². The van der Waals surface area contributed by atoms with Crippen LogP contribution in [0.4, 0.5) is 9.59 Å². The molecule has 0 aliphatic heterocycles. The molecule has 0 radical (unpaired) electrons. The lowest BCUT2D eigenvalue weighted by atomic mass is 9.83. The van der Waals surface area contributed by atoms with Crippen LogP contribution in [0.2, 0.25) is 0 Å². The first kappa shape index (κ1) is 41.3. The predicted molar refractivity (Wildman–Crippen MR) is 189 cm³/mol. The molecule has 51 heavy (non-hydrogen) atoms. The van der Waals surface area contributed by atoms with Gasteiger partial charge < -0.3 is 34.7 Å². The van der Waals surface area contributed by atoms with Gasteiger partial charge in [0.15, 0.2) is 0 Å². The Morgan fingerprint density at radius 3 is 1.63 bits per heavy atom. The zero-order chi connectivity index (χ0) is 37.5. The smallest absolute Gasteiger partial charge is 0.480 e. The van der Waals surface area contributed by atoms with Crippen LogP contribution in [0.1, 0.15) is 96.6 Å². The van der Waals surface area contributed by atoms with Gasteiger partial charge >= 0.3 is 26.0 Å². The Hall–Kier alpha value is -4.13. The van der Waals surface area contributed by atoms with Crippen LogP contribution < -0.4 is 5.73 Å². The average Bonchev–Trinajstić information content (AvgIpc) is 3.09. The summed E-state index contributed by atoms with van der Waals surface area (Å²) in [5.74, 6) is -6.14. The van der Waals surface area contributed by atoms with Crippen molar-refractivity contribution in [1.29, 1.82) is 0 Å². The lowest BCUT2D eigenvalue weighted by molar-refractivity contribution is -0.205. The number of carboxylic acids is 1. The van der Waals surface area contributed by atoms with Gasteiger partial charge in [-0.25, -0.2) is 28.0 Å². The molecule has 3 N–H and O–H groups in total. The fourth-order valence-corrected chi connectivity index (χ4v) is 7.98. The van der Waals surface area contributed by atoms with Crippen molar-refractivity contribution >= 4 is 32.0 Å². The number of aliphatic carboxylic acids is 1. The molecule has 3 atom stereocenters. The van der Waals surface area contributed by atoms with Crippen molar-refractivity contribution in [2.45, 2.75) is 103 Å². The Bertz CT molecular complexity index is 1410. The number of nitrogens with two attached hydrogens (primary N) is 1. The molecule has 1 fully saturated rings. The number of benzene rings is 2. The van der Waals surface area contributed by atoms with Crippen molar-refractivity contribution in [3.05, 3.63) is 71.8 Å². The molecule has 1 saturated carbocycles. The number of guanidine groups is 1. The van der Waals surface area contributed by atoms with E-state index in [9.17, 15) is 19.5 Å². The molecular formula is C36H52N3O11P. The zero-order valence-electron chi connectivity index (χ0n) is 30.2. The molecule has 0 aromatic heterocycles. The van der Waals surface area contributed by atoms with Gasteiger partial charge in [0.1, 0.15) is 6.04 Å². The Morgan fingerprint density at radius 1 is 0.824 bits per heavy atom. The van der Waals surface area contributed by atoms with E-state index in [1.165, 1.54) is 11.9 Å². The highest BCUT2D eigenvalue weighted by atomic mass is 31.2. The Kier molecular flexibility index (Phi) is 15.8. The minimum absolute atomic E-state index is 0.0291. The van der Waals surface area contributed by atoms with Gasteiger partial charge in [-0.3, -0.25) is 0 Å². The second-order valence-corrected chi connectivity index (χ2v) is 13.7. The van der Waals surface area contributed by atoms with Crippen molar-refractivity contribution in [2.24, 2.45) is 16.4 Å². The van der Waals surface area contributed by atoms with Gasteiger partial charge in [-0.1, -0.05) is 93.8 Å². The van der Waals surface area contributed by atoms with Crippen molar-refractivity contribution in [3.8, 4) is 0 Å². The number of hydrogen-bond donors (Lipinski definition) is 2. The maximum atomic E-state index is 15.6. The van der Waals surface area contributed by atoms with Crippen LogP contribution in [-0.4, -0.2) is 60.5 Å². The third kappa shape index (κ3) is 11.2. The van der Waals surface area contributed by atoms with Gasteiger partial charge in [0, 0.05) is 31.0 Å². The van der Waals surface area contributed by atoms with Crippen LogP contribution in [0.15, 0.2) is 65.4 Å². The Labute approximate surface area is 300 Å². The fraction of sp³-hybridized carbons (Fsp3) is 0.556. The van der Waals surface area contributed by atoms with Crippen LogP contribution in [0, 0.1) is 5.92 Å². The average molecular weight is 734 g/mol. The lowest BCUT2D eigenvalue weighted by Gasteiger charge is -2.39. The van der Waals surface area contributed by atoms with Crippen LogP contribution in [0.25, 0.3) is 0 Å². The number of nitrogens with zero attached hydrogens (tertiary/aromatic N) is 2. The van der Waals surface area contributed by atoms with E-state index in [0.717, 1.165) is 19.3 Å². The van der Waals surface area contributed by atoms with Crippen molar-refractivity contribution < 1.29 is 52.1 Å². The molecule has 1 aliphatic carbocycles. The molecule has 0 spiro atoms. The largest absolute Gasteiger partial charge is 0.511 e. The molecule has 0 saturated heterocycles. The number of ether oxygens (including phenoxy) is 4. The van der Waals surface area contributed by atoms with E-state index in [2.05, 4.69) is 4.76 Å². The number of carbonyl (C=O) groups excluding carboxylic acids is 2. The summed E-state index contributed by atoms with van der Waals surface area (Å²) in [6.45, 7) is 6.72. The molecule has 0 bridgehead atoms. The Morgan fingerprint density at radius 2 is 1.25 bits per heavy atom. The molecule has 3 unspecified atom stereocenters. The molecule has 14 nitrogen and oxygen atoms in total. The van der Waals surface area contributed by atoms with Gasteiger partial charge in [-0.2, -0.15) is 0 Å². The van der Waals surface area contributed by atoms with Gasteiger partial charge in [-0.05, 0) is 45.4 Å². The van der Waals surface area contributed by atoms with E-state index in [0.29, 0.717) is 25.7 Å². The predicted octanol–water partition coefficient (Wildman–Crippen LogP) is 8.06. The summed E-state index contributed by atoms with van der Waals surface area (Å²) in [5.41, 5.74) is 7.06. The van der Waals surface area contributed by atoms with E-state index >= 15 is 4.57 Å². The highest BCUT2D eigenvalue weighted by Gasteiger charge is 2.52. The van der Waals surface area contributed by atoms with E-state index in [1.807, 2.05) is 0 Å². The molecule has 0 amide bonds. The van der Waals surface area contributed by atoms with Gasteiger partial charge in [0.2, 0.25) is 5.96 Å². The third-order valence-electron chi connectivity index (χ3n) is 8.48. The number of carbonyl (C=O) groups is 3. The second kappa shape index (κ2) is 19.5. The summed E-state index contributed by atoms with van der Waals surface area (Å²) in [5, 5.41) is 10.3. The normalized spacial score (nSPS) is 17.9. The highest BCUT2D eigenvalue weighted by molar-refractivity contribution is 7.52. The van der Waals surface area contributed by atoms with E-state index in [-0.39, 0.29) is 43.1 Å². The number of hydrogen-bond acceptors (Lipinski definition) is 10. The summed E-state index contributed by atoms with van der Waals surface area (Å²) in [6, 6.07) is 15.5. The van der Waals surface area contributed by atoms with Crippen LogP contribution in [0.3, 0.4) is 0 Å². The molecule has 3 rings (SSSR count). The fourth-order valence-electron chi connectivity index (χ4n) is 6.25. The molecule has 1 aliphatic rings. The van der Waals surface area contributed by atoms with E-state index in [1.54, 1.807) is 88.4 Å². The third-order valence-corrected chi connectivity index (χ3v) is 9.99. The molecule has 2 aromatic carbocycles. The maximum absolute atomic E-state index is 15.6. The zero-order valence-corrected chi connectivity index (χ0v) is 31.0. The molecule has 282 valence electrons. The van der Waals surface area contributed by atoms with Crippen LogP contribution in [-0.2, 0) is 48.9 Å². The standard InChI is InChI=1S/C36H52N3O11P/c1-6-25-35(47-33(42)45-8-3,28-21-15-11-16-22-28)49-51(44,38-32(37)39(5)30(31(40)41)27-19-13-10-14-20-27)50-36(26-7-2,48-34(43)46-9-4)29-23-17-12-18-24-29/h11-12,15-18,21-24,27,30H,6-10,13-14,19-20,25-26H2,1-5H3,(H,40,41)(H2,37,38,44). The Balaban J connectivity index is 2.32. The first-order chi connectivity index (χ1) is 24.4. The monoisotopic (exact) mass is 733 g/mol. The number of carboxylic acid groups (broad SMARTS) is 1. The maximum Gasteiger partial charge on any atom is 0.511 e. The number of likely N-dealkylation sites (N-methyl/N-ethyl adjacent to an activating group) is 1. The van der Waals surface area contributed by atoms with Gasteiger partial charge in [-0.15, -0.1) is 4.76 Å². The van der Waals surface area contributed by atoms with Crippen molar-refractivity contribution in [1.82, 2.24) is 4.90 Å². The van der Waals surface area contributed by atoms with Gasteiger partial charge in [0.05, 0.1) is 13.2 Å². The first-order valence-corrected chi connectivity index (χ1v) is 19.0. The highest BCUT2D eigenvalue weighted by Crippen LogP contribution is 2.61. The van der Waals surface area contributed by atoms with E-state index < -0.39 is 49.6 Å². The lowest BCUT2D eigenvalue weighted by Crippen LogP contribution is -2.50. The van der Waals surface area contributed by atoms with Crippen LogP contribution >= 0.6 is 7.75 Å². The van der Waals surface area contributed by atoms with Gasteiger partial charge in [0.25, 0.3) is 11.6 Å².